The highest BCUT2D eigenvalue weighted by Gasteiger charge is 2.17. The van der Waals surface area contributed by atoms with E-state index >= 15 is 0 Å². The van der Waals surface area contributed by atoms with Gasteiger partial charge in [0.2, 0.25) is 10.0 Å². The van der Waals surface area contributed by atoms with Crippen LogP contribution in [0.25, 0.3) is 0 Å². The summed E-state index contributed by atoms with van der Waals surface area (Å²) < 4.78 is 27.2. The Balaban J connectivity index is 2.39. The molecule has 0 aromatic carbocycles. The van der Waals surface area contributed by atoms with Crippen LogP contribution in [0.15, 0.2) is 16.3 Å². The monoisotopic (exact) mass is 325 g/mol. The Morgan fingerprint density at radius 3 is 2.58 bits per heavy atom. The zero-order valence-corrected chi connectivity index (χ0v) is 13.5. The largest absolute Gasteiger partial charge is 0.393 e. The average molecular weight is 326 g/mol. The molecular formula is C12H20ClNO3S2. The van der Waals surface area contributed by atoms with Gasteiger partial charge in [0.25, 0.3) is 0 Å². The molecule has 1 aromatic rings. The summed E-state index contributed by atoms with van der Waals surface area (Å²) in [6.45, 7) is 4.15. The molecule has 2 N–H and O–H groups in total. The van der Waals surface area contributed by atoms with E-state index in [1.54, 1.807) is 13.0 Å². The Labute approximate surface area is 123 Å². The lowest BCUT2D eigenvalue weighted by atomic mass is 10.0. The zero-order valence-electron chi connectivity index (χ0n) is 11.1. The lowest BCUT2D eigenvalue weighted by Gasteiger charge is -2.12. The minimum atomic E-state index is -3.44. The first-order valence-electron chi connectivity index (χ1n) is 6.24. The summed E-state index contributed by atoms with van der Waals surface area (Å²) >= 11 is 6.78. The minimum Gasteiger partial charge on any atom is -0.393 e. The number of halogens is 1. The summed E-state index contributed by atoms with van der Waals surface area (Å²) in [7, 11) is -3.44. The molecule has 1 aromatic heterocycles. The van der Waals surface area contributed by atoms with E-state index in [1.807, 2.05) is 6.92 Å². The fraction of sp³-hybridized carbons (Fsp3) is 0.667. The Bertz CT molecular complexity index is 485. The first-order chi connectivity index (χ1) is 8.81. The van der Waals surface area contributed by atoms with Crippen molar-refractivity contribution in [2.24, 2.45) is 5.92 Å². The molecule has 0 aliphatic carbocycles. The molecule has 1 heterocycles. The van der Waals surface area contributed by atoms with Crippen LogP contribution in [-0.4, -0.2) is 26.2 Å². The maximum Gasteiger partial charge on any atom is 0.250 e. The second-order valence-corrected chi connectivity index (χ2v) is 8.50. The SMILES string of the molecule is CC(O)CCC[C@H](C)CNS(=O)(=O)c1ccc(Cl)s1. The molecule has 0 aliphatic heterocycles. The van der Waals surface area contributed by atoms with Crippen molar-refractivity contribution in [2.45, 2.75) is 43.4 Å². The highest BCUT2D eigenvalue weighted by atomic mass is 35.5. The standard InChI is InChI=1S/C12H20ClNO3S2/c1-9(4-3-5-10(2)15)8-14-19(16,17)12-7-6-11(13)18-12/h6-7,9-10,14-15H,3-5,8H2,1-2H3/t9-,10?/m0/s1. The molecule has 19 heavy (non-hydrogen) atoms. The van der Waals surface area contributed by atoms with E-state index in [4.69, 9.17) is 16.7 Å². The third-order valence-corrected chi connectivity index (χ3v) is 5.90. The number of rotatable bonds is 8. The van der Waals surface area contributed by atoms with Crippen LogP contribution in [0, 0.1) is 5.92 Å². The maximum atomic E-state index is 11.9. The van der Waals surface area contributed by atoms with Crippen LogP contribution >= 0.6 is 22.9 Å². The van der Waals surface area contributed by atoms with Gasteiger partial charge in [-0.25, -0.2) is 13.1 Å². The fourth-order valence-electron chi connectivity index (χ4n) is 1.63. The number of thiophene rings is 1. The lowest BCUT2D eigenvalue weighted by Crippen LogP contribution is -2.28. The molecule has 0 aliphatic rings. The van der Waals surface area contributed by atoms with Gasteiger partial charge in [-0.1, -0.05) is 24.9 Å². The Hall–Kier alpha value is -0.140. The highest BCUT2D eigenvalue weighted by Crippen LogP contribution is 2.25. The second-order valence-electron chi connectivity index (χ2n) is 4.80. The average Bonchev–Trinajstić information content (AvgIpc) is 2.74. The normalized spacial score (nSPS) is 15.4. The molecule has 4 nitrogen and oxygen atoms in total. The van der Waals surface area contributed by atoms with E-state index in [1.165, 1.54) is 6.07 Å². The van der Waals surface area contributed by atoms with E-state index < -0.39 is 10.0 Å². The van der Waals surface area contributed by atoms with Crippen molar-refractivity contribution in [1.29, 1.82) is 0 Å². The minimum absolute atomic E-state index is 0.240. The predicted octanol–water partition coefficient (Wildman–Crippen LogP) is 2.87. The number of hydrogen-bond acceptors (Lipinski definition) is 4. The van der Waals surface area contributed by atoms with Gasteiger partial charge in [0.1, 0.15) is 4.21 Å². The Morgan fingerprint density at radius 1 is 1.37 bits per heavy atom. The summed E-state index contributed by atoms with van der Waals surface area (Å²) in [6, 6.07) is 3.08. The van der Waals surface area contributed by atoms with Crippen LogP contribution < -0.4 is 4.72 Å². The van der Waals surface area contributed by atoms with Crippen LogP contribution in [0.3, 0.4) is 0 Å². The van der Waals surface area contributed by atoms with Gasteiger partial charge in [0.15, 0.2) is 0 Å². The predicted molar refractivity (Wildman–Crippen MR) is 79.2 cm³/mol. The van der Waals surface area contributed by atoms with Gasteiger partial charge in [-0.15, -0.1) is 11.3 Å². The first kappa shape index (κ1) is 16.9. The summed E-state index contributed by atoms with van der Waals surface area (Å²) in [5, 5.41) is 9.15. The maximum absolute atomic E-state index is 11.9. The molecule has 0 fully saturated rings. The lowest BCUT2D eigenvalue weighted by molar-refractivity contribution is 0.178. The summed E-state index contributed by atoms with van der Waals surface area (Å²) in [4.78, 5) is 0. The number of sulfonamides is 1. The van der Waals surface area contributed by atoms with Gasteiger partial charge >= 0.3 is 0 Å². The number of aliphatic hydroxyl groups excluding tert-OH is 1. The second kappa shape index (κ2) is 7.59. The molecule has 0 radical (unpaired) electrons. The van der Waals surface area contributed by atoms with Gasteiger partial charge < -0.3 is 5.11 Å². The van der Waals surface area contributed by atoms with Gasteiger partial charge in [-0.05, 0) is 37.8 Å². The third-order valence-electron chi connectivity index (χ3n) is 2.75. The van der Waals surface area contributed by atoms with E-state index in [0.29, 0.717) is 10.9 Å². The molecule has 2 atom stereocenters. The van der Waals surface area contributed by atoms with E-state index in [2.05, 4.69) is 4.72 Å². The number of hydrogen-bond donors (Lipinski definition) is 2. The third kappa shape index (κ3) is 6.23. The van der Waals surface area contributed by atoms with E-state index in [-0.39, 0.29) is 16.2 Å². The van der Waals surface area contributed by atoms with Gasteiger partial charge in [0.05, 0.1) is 10.4 Å². The quantitative estimate of drug-likeness (QED) is 0.772. The van der Waals surface area contributed by atoms with Crippen molar-refractivity contribution >= 4 is 33.0 Å². The molecule has 0 saturated heterocycles. The molecule has 0 saturated carbocycles. The highest BCUT2D eigenvalue weighted by molar-refractivity contribution is 7.91. The number of aliphatic hydroxyl groups is 1. The molecule has 1 unspecified atom stereocenters. The van der Waals surface area contributed by atoms with Crippen LogP contribution in [-0.2, 0) is 10.0 Å². The van der Waals surface area contributed by atoms with Gasteiger partial charge in [0, 0.05) is 6.54 Å². The van der Waals surface area contributed by atoms with Crippen molar-refractivity contribution < 1.29 is 13.5 Å². The van der Waals surface area contributed by atoms with Crippen molar-refractivity contribution in [3.05, 3.63) is 16.5 Å². The topological polar surface area (TPSA) is 66.4 Å². The smallest absolute Gasteiger partial charge is 0.250 e. The number of nitrogens with one attached hydrogen (secondary N) is 1. The van der Waals surface area contributed by atoms with Crippen molar-refractivity contribution in [3.63, 3.8) is 0 Å². The van der Waals surface area contributed by atoms with Crippen LogP contribution in [0.4, 0.5) is 0 Å². The summed E-state index contributed by atoms with van der Waals surface area (Å²) in [5.74, 6) is 0.240. The molecule has 1 rings (SSSR count). The van der Waals surface area contributed by atoms with Crippen LogP contribution in [0.2, 0.25) is 4.34 Å². The fourth-order valence-corrected chi connectivity index (χ4v) is 4.32. The summed E-state index contributed by atoms with van der Waals surface area (Å²) in [6.07, 6.45) is 2.24. The molecule has 0 spiro atoms. The van der Waals surface area contributed by atoms with Crippen molar-refractivity contribution in [1.82, 2.24) is 4.72 Å². The Morgan fingerprint density at radius 2 is 2.05 bits per heavy atom. The molecule has 0 amide bonds. The van der Waals surface area contributed by atoms with Crippen LogP contribution in [0.5, 0.6) is 0 Å². The molecule has 7 heteroatoms. The summed E-state index contributed by atoms with van der Waals surface area (Å²) in [5.41, 5.74) is 0. The van der Waals surface area contributed by atoms with Crippen molar-refractivity contribution in [2.75, 3.05) is 6.54 Å². The van der Waals surface area contributed by atoms with Gasteiger partial charge in [-0.3, -0.25) is 0 Å². The van der Waals surface area contributed by atoms with Gasteiger partial charge in [-0.2, -0.15) is 0 Å². The van der Waals surface area contributed by atoms with E-state index in [0.717, 1.165) is 30.6 Å². The van der Waals surface area contributed by atoms with Crippen LogP contribution in [0.1, 0.15) is 33.1 Å². The molecule has 0 bridgehead atoms. The molecular weight excluding hydrogens is 306 g/mol. The first-order valence-corrected chi connectivity index (χ1v) is 8.92. The molecule has 110 valence electrons. The van der Waals surface area contributed by atoms with Crippen molar-refractivity contribution in [3.8, 4) is 0 Å². The zero-order chi connectivity index (χ0) is 14.5. The van der Waals surface area contributed by atoms with E-state index in [9.17, 15) is 8.42 Å². The Kier molecular flexibility index (Phi) is 6.76.